The van der Waals surface area contributed by atoms with Gasteiger partial charge < -0.3 is 25.4 Å². The largest absolute Gasteiger partial charge is 0.493 e. The number of hydrogen-bond acceptors (Lipinski definition) is 10. The third-order valence-electron chi connectivity index (χ3n) is 7.13. The van der Waals surface area contributed by atoms with Crippen molar-refractivity contribution in [2.24, 2.45) is 5.41 Å². The van der Waals surface area contributed by atoms with E-state index < -0.39 is 6.10 Å². The lowest BCUT2D eigenvalue weighted by Crippen LogP contribution is -2.71. The molecule has 9 nitrogen and oxygen atoms in total. The van der Waals surface area contributed by atoms with Gasteiger partial charge in [0.25, 0.3) is 0 Å². The third-order valence-corrected chi connectivity index (χ3v) is 7.90. The number of rotatable bonds is 7. The number of benzene rings is 1. The molecule has 5 rings (SSSR count). The maximum atomic E-state index is 9.82. The van der Waals surface area contributed by atoms with E-state index in [4.69, 9.17) is 43.8 Å². The van der Waals surface area contributed by atoms with E-state index in [1.165, 1.54) is 13.3 Å². The Hall–Kier alpha value is -3.23. The fourth-order valence-corrected chi connectivity index (χ4v) is 5.59. The fourth-order valence-electron chi connectivity index (χ4n) is 4.94. The van der Waals surface area contributed by atoms with Gasteiger partial charge in [-0.1, -0.05) is 23.2 Å². The zero-order valence-electron chi connectivity index (χ0n) is 22.7. The van der Waals surface area contributed by atoms with Crippen LogP contribution in [-0.2, 0) is 0 Å². The van der Waals surface area contributed by atoms with E-state index in [2.05, 4.69) is 38.9 Å². The summed E-state index contributed by atoms with van der Waals surface area (Å²) >= 11 is 16.4. The van der Waals surface area contributed by atoms with Crippen LogP contribution in [0.2, 0.25) is 10.0 Å². The van der Waals surface area contributed by atoms with Crippen LogP contribution in [0, 0.1) is 29.1 Å². The molecule has 2 aliphatic rings. The molecule has 1 aromatic carbocycles. The maximum Gasteiger partial charge on any atom is 0.162 e. The minimum Gasteiger partial charge on any atom is -0.493 e. The lowest BCUT2D eigenvalue weighted by molar-refractivity contribution is 0.120. The van der Waals surface area contributed by atoms with Crippen LogP contribution in [-0.4, -0.2) is 55.2 Å². The molecule has 4 heterocycles. The van der Waals surface area contributed by atoms with Crippen molar-refractivity contribution in [1.29, 1.82) is 10.7 Å². The predicted octanol–water partition coefficient (Wildman–Crippen LogP) is 5.07. The SMILES string of the molecule is COc1cc(N)c(C(=N)c2cnc(N3CC4(CNC4)C3)c(C#N)c2)cc1O[C@H](C)c1c(Cl)cnc(C)c1Cl.CS. The summed E-state index contributed by atoms with van der Waals surface area (Å²) in [4.78, 5) is 10.8. The summed E-state index contributed by atoms with van der Waals surface area (Å²) in [6.07, 6.45) is 4.29. The Balaban J connectivity index is 0.00000181. The Morgan fingerprint density at radius 2 is 1.90 bits per heavy atom. The molecule has 2 fully saturated rings. The van der Waals surface area contributed by atoms with Crippen LogP contribution in [0.1, 0.15) is 41.0 Å². The van der Waals surface area contributed by atoms with Crippen molar-refractivity contribution in [3.05, 3.63) is 68.6 Å². The molecule has 0 bridgehead atoms. The van der Waals surface area contributed by atoms with Crippen LogP contribution in [0.25, 0.3) is 0 Å². The van der Waals surface area contributed by atoms with E-state index in [1.54, 1.807) is 37.6 Å². The number of pyridine rings is 2. The molecule has 0 amide bonds. The van der Waals surface area contributed by atoms with Crippen molar-refractivity contribution in [1.82, 2.24) is 15.3 Å². The average molecular weight is 601 g/mol. The second-order valence-corrected chi connectivity index (χ2v) is 10.6. The quantitative estimate of drug-likeness (QED) is 0.168. The van der Waals surface area contributed by atoms with Gasteiger partial charge in [-0.3, -0.25) is 10.4 Å². The van der Waals surface area contributed by atoms with Gasteiger partial charge in [0.1, 0.15) is 18.0 Å². The molecule has 2 aliphatic heterocycles. The van der Waals surface area contributed by atoms with Gasteiger partial charge in [-0.15, -0.1) is 0 Å². The molecule has 0 unspecified atom stereocenters. The fraction of sp³-hybridized carbons (Fsp3) is 0.357. The van der Waals surface area contributed by atoms with E-state index in [0.717, 1.165) is 26.2 Å². The minimum absolute atomic E-state index is 0.109. The number of methoxy groups -OCH3 is 1. The first-order chi connectivity index (χ1) is 19.2. The van der Waals surface area contributed by atoms with E-state index in [-0.39, 0.29) is 5.71 Å². The first-order valence-electron chi connectivity index (χ1n) is 12.5. The highest BCUT2D eigenvalue weighted by Crippen LogP contribution is 2.40. The molecule has 4 N–H and O–H groups in total. The highest BCUT2D eigenvalue weighted by Gasteiger charge is 2.48. The Morgan fingerprint density at radius 3 is 2.50 bits per heavy atom. The molecular weight excluding hydrogens is 569 g/mol. The number of nitrogen functional groups attached to an aromatic ring is 1. The first kappa shape index (κ1) is 29.7. The molecule has 0 aliphatic carbocycles. The number of halogens is 2. The van der Waals surface area contributed by atoms with Crippen molar-refractivity contribution >= 4 is 53.0 Å². The highest BCUT2D eigenvalue weighted by atomic mass is 35.5. The number of nitrogens with zero attached hydrogens (tertiary/aromatic N) is 4. The van der Waals surface area contributed by atoms with Crippen molar-refractivity contribution < 1.29 is 9.47 Å². The lowest BCUT2D eigenvalue weighted by atomic mass is 9.74. The van der Waals surface area contributed by atoms with E-state index in [0.29, 0.717) is 66.4 Å². The first-order valence-corrected chi connectivity index (χ1v) is 14.2. The zero-order chi connectivity index (χ0) is 29.2. The monoisotopic (exact) mass is 599 g/mol. The molecular formula is C28H31Cl2N7O2S. The van der Waals surface area contributed by atoms with Gasteiger partial charge in [-0.25, -0.2) is 4.98 Å². The van der Waals surface area contributed by atoms with Crippen LogP contribution < -0.4 is 25.4 Å². The van der Waals surface area contributed by atoms with E-state index >= 15 is 0 Å². The molecule has 12 heteroatoms. The topological polar surface area (TPSA) is 133 Å². The van der Waals surface area contributed by atoms with Crippen molar-refractivity contribution in [3.63, 3.8) is 0 Å². The predicted molar refractivity (Wildman–Crippen MR) is 163 cm³/mol. The molecule has 2 aromatic heterocycles. The van der Waals surface area contributed by atoms with Gasteiger partial charge in [0.05, 0.1) is 34.1 Å². The zero-order valence-corrected chi connectivity index (χ0v) is 25.1. The van der Waals surface area contributed by atoms with Gasteiger partial charge in [0, 0.05) is 72.4 Å². The second kappa shape index (κ2) is 12.1. The van der Waals surface area contributed by atoms with Gasteiger partial charge in [0.2, 0.25) is 0 Å². The van der Waals surface area contributed by atoms with Crippen LogP contribution in [0.5, 0.6) is 11.5 Å². The Bertz CT molecular complexity index is 1480. The summed E-state index contributed by atoms with van der Waals surface area (Å²) in [7, 11) is 1.51. The van der Waals surface area contributed by atoms with E-state index in [1.807, 2.05) is 6.92 Å². The molecule has 3 aromatic rings. The highest BCUT2D eigenvalue weighted by molar-refractivity contribution is 7.79. The summed E-state index contributed by atoms with van der Waals surface area (Å²) in [5.41, 5.74) is 9.59. The number of ether oxygens (including phenoxy) is 2. The number of hydrogen-bond donors (Lipinski definition) is 4. The number of aryl methyl sites for hydroxylation is 1. The van der Waals surface area contributed by atoms with Crippen molar-refractivity contribution in [2.75, 3.05) is 50.2 Å². The number of thiol groups is 1. The Morgan fingerprint density at radius 1 is 1.20 bits per heavy atom. The molecule has 1 atom stereocenters. The third kappa shape index (κ3) is 5.52. The van der Waals surface area contributed by atoms with Crippen molar-refractivity contribution in [2.45, 2.75) is 20.0 Å². The number of nitriles is 1. The van der Waals surface area contributed by atoms with Crippen LogP contribution in [0.15, 0.2) is 30.6 Å². The molecule has 210 valence electrons. The summed E-state index contributed by atoms with van der Waals surface area (Å²) in [5, 5.41) is 22.8. The number of nitrogens with one attached hydrogen (secondary N) is 2. The maximum absolute atomic E-state index is 9.82. The van der Waals surface area contributed by atoms with Gasteiger partial charge >= 0.3 is 0 Å². The Kier molecular flexibility index (Phi) is 9.00. The molecule has 2 saturated heterocycles. The normalized spacial score (nSPS) is 15.6. The second-order valence-electron chi connectivity index (χ2n) is 9.81. The lowest BCUT2D eigenvalue weighted by Gasteiger charge is -2.56. The minimum atomic E-state index is -0.548. The summed E-state index contributed by atoms with van der Waals surface area (Å²) < 4.78 is 11.7. The standard InChI is InChI=1S/C27H27Cl2N7O2.CH4S/c1-14-24(29)23(19(28)9-34-14)15(2)38-22-5-18(20(31)6-21(22)37-3)25(32)17-4-16(7-30)26(35-8-17)36-12-27(13-36)10-33-11-27;1-2/h4-6,8-9,15,32-33H,10-13,31H2,1-3H3;2H,1H3/t15-;/m1./s1. The summed E-state index contributed by atoms with van der Waals surface area (Å²) in [6, 6.07) is 7.16. The van der Waals surface area contributed by atoms with Crippen molar-refractivity contribution in [3.8, 4) is 17.6 Å². The van der Waals surface area contributed by atoms with E-state index in [9.17, 15) is 5.26 Å². The average Bonchev–Trinajstić information content (AvgIpc) is 2.91. The number of nitrogens with two attached hydrogens (primary N) is 1. The summed E-state index contributed by atoms with van der Waals surface area (Å²) in [5.74, 6) is 1.40. The number of aromatic nitrogens is 2. The number of anilines is 2. The van der Waals surface area contributed by atoms with Crippen LogP contribution in [0.3, 0.4) is 0 Å². The van der Waals surface area contributed by atoms with Crippen LogP contribution in [0.4, 0.5) is 11.5 Å². The molecule has 1 spiro atoms. The molecule has 40 heavy (non-hydrogen) atoms. The summed E-state index contributed by atoms with van der Waals surface area (Å²) in [6.45, 7) is 7.33. The Labute approximate surface area is 249 Å². The molecule has 0 saturated carbocycles. The smallest absolute Gasteiger partial charge is 0.162 e. The van der Waals surface area contributed by atoms with Gasteiger partial charge in [-0.2, -0.15) is 17.9 Å². The van der Waals surface area contributed by atoms with Gasteiger partial charge in [0.15, 0.2) is 11.5 Å². The van der Waals surface area contributed by atoms with Crippen LogP contribution >= 0.6 is 35.8 Å². The molecule has 0 radical (unpaired) electrons. The van der Waals surface area contributed by atoms with Gasteiger partial charge in [-0.05, 0) is 32.2 Å².